The Morgan fingerprint density at radius 1 is 1.18 bits per heavy atom. The fraction of sp³-hybridized carbons (Fsp3) is 0.105. The van der Waals surface area contributed by atoms with Gasteiger partial charge in [0.25, 0.3) is 10.0 Å². The van der Waals surface area contributed by atoms with E-state index < -0.39 is 21.8 Å². The van der Waals surface area contributed by atoms with Crippen molar-refractivity contribution in [2.24, 2.45) is 5.10 Å². The first-order valence-corrected chi connectivity index (χ1v) is 10.8. The van der Waals surface area contributed by atoms with Crippen molar-refractivity contribution in [3.8, 4) is 11.8 Å². The summed E-state index contributed by atoms with van der Waals surface area (Å²) in [6, 6.07) is 9.18. The smallest absolute Gasteiger partial charge is 0.236 e. The van der Waals surface area contributed by atoms with Crippen LogP contribution in [0, 0.1) is 18.3 Å². The number of sulfonamides is 1. The fourth-order valence-electron chi connectivity index (χ4n) is 2.57. The van der Waals surface area contributed by atoms with Crippen LogP contribution in [0.5, 0.6) is 0 Å². The normalized spacial score (nSPS) is 11.8. The van der Waals surface area contributed by atoms with E-state index >= 15 is 0 Å². The standard InChI is InChI=1S/C19H12Cl2F3N5O2S.Li/c1-11-2-4-14(5-3-11)32(30,31)28-26-9-12-10-29(27-17(12)8-25)18-15(20)6-13(7-16(18)21)19(22,23)24;/h2-7,9-10,28H,1H3;. The molecule has 0 unspecified atom stereocenters. The summed E-state index contributed by atoms with van der Waals surface area (Å²) in [5.41, 5.74) is -0.366. The van der Waals surface area contributed by atoms with Crippen molar-refractivity contribution in [1.82, 2.24) is 14.6 Å². The van der Waals surface area contributed by atoms with E-state index in [1.54, 1.807) is 25.1 Å². The van der Waals surface area contributed by atoms with E-state index in [0.29, 0.717) is 12.1 Å². The van der Waals surface area contributed by atoms with Crippen molar-refractivity contribution in [1.29, 1.82) is 5.26 Å². The molecule has 0 spiro atoms. The Kier molecular flexibility index (Phi) is 8.28. The average Bonchev–Trinajstić information content (AvgIpc) is 3.09. The van der Waals surface area contributed by atoms with Crippen LogP contribution in [0.25, 0.3) is 5.69 Å². The third kappa shape index (κ3) is 6.11. The van der Waals surface area contributed by atoms with Crippen LogP contribution >= 0.6 is 23.2 Å². The predicted molar refractivity (Wildman–Crippen MR) is 118 cm³/mol. The van der Waals surface area contributed by atoms with E-state index in [1.165, 1.54) is 18.3 Å². The van der Waals surface area contributed by atoms with Gasteiger partial charge in [0.05, 0.1) is 32.3 Å². The second-order valence-electron chi connectivity index (χ2n) is 6.44. The molecule has 0 aliphatic heterocycles. The average molecular weight is 509 g/mol. The van der Waals surface area contributed by atoms with Gasteiger partial charge in [0, 0.05) is 25.1 Å². The van der Waals surface area contributed by atoms with E-state index in [4.69, 9.17) is 23.2 Å². The van der Waals surface area contributed by atoms with Crippen molar-refractivity contribution < 1.29 is 21.6 Å². The number of aryl methyl sites for hydroxylation is 1. The van der Waals surface area contributed by atoms with Crippen molar-refractivity contribution in [2.75, 3.05) is 0 Å². The first-order chi connectivity index (χ1) is 14.9. The van der Waals surface area contributed by atoms with Crippen LogP contribution in [-0.2, 0) is 16.2 Å². The molecule has 3 aromatic rings. The Bertz CT molecular complexity index is 1330. The van der Waals surface area contributed by atoms with Gasteiger partial charge in [-0.25, -0.2) is 9.51 Å². The number of halogens is 5. The van der Waals surface area contributed by atoms with Crippen molar-refractivity contribution in [3.05, 3.63) is 75.0 Å². The van der Waals surface area contributed by atoms with Gasteiger partial charge in [-0.1, -0.05) is 40.9 Å². The Morgan fingerprint density at radius 3 is 2.27 bits per heavy atom. The molecule has 33 heavy (non-hydrogen) atoms. The van der Waals surface area contributed by atoms with E-state index in [-0.39, 0.29) is 50.7 Å². The zero-order chi connectivity index (χ0) is 23.7. The van der Waals surface area contributed by atoms with Crippen LogP contribution in [0.4, 0.5) is 13.2 Å². The van der Waals surface area contributed by atoms with Gasteiger partial charge in [-0.15, -0.1) is 0 Å². The molecule has 0 atom stereocenters. The number of hydrogen-bond acceptors (Lipinski definition) is 5. The summed E-state index contributed by atoms with van der Waals surface area (Å²) in [7, 11) is -3.95. The van der Waals surface area contributed by atoms with E-state index in [9.17, 15) is 26.9 Å². The maximum Gasteiger partial charge on any atom is 0.416 e. The molecule has 0 fully saturated rings. The molecular weight excluding hydrogens is 497 g/mol. The zero-order valence-corrected chi connectivity index (χ0v) is 19.4. The number of nitrogens with one attached hydrogen (secondary N) is 1. The molecule has 1 radical (unpaired) electrons. The van der Waals surface area contributed by atoms with Crippen LogP contribution in [0.15, 0.2) is 52.6 Å². The van der Waals surface area contributed by atoms with Gasteiger partial charge in [0.2, 0.25) is 0 Å². The molecule has 1 aromatic heterocycles. The molecule has 1 heterocycles. The second-order valence-corrected chi connectivity index (χ2v) is 8.92. The van der Waals surface area contributed by atoms with Gasteiger partial charge >= 0.3 is 6.18 Å². The summed E-state index contributed by atoms with van der Waals surface area (Å²) in [5.74, 6) is 0. The largest absolute Gasteiger partial charge is 0.416 e. The van der Waals surface area contributed by atoms with Crippen LogP contribution in [-0.4, -0.2) is 43.3 Å². The van der Waals surface area contributed by atoms with Gasteiger partial charge < -0.3 is 0 Å². The van der Waals surface area contributed by atoms with Crippen LogP contribution in [0.3, 0.4) is 0 Å². The number of nitrogens with zero attached hydrogens (tertiary/aromatic N) is 4. The van der Waals surface area contributed by atoms with Gasteiger partial charge in [-0.05, 0) is 31.2 Å². The molecule has 0 aliphatic rings. The van der Waals surface area contributed by atoms with Crippen molar-refractivity contribution >= 4 is 58.3 Å². The maximum absolute atomic E-state index is 12.9. The Hall–Kier alpha value is -2.47. The minimum Gasteiger partial charge on any atom is -0.236 e. The number of hydrogen-bond donors (Lipinski definition) is 1. The molecule has 1 N–H and O–H groups in total. The molecule has 0 aliphatic carbocycles. The maximum atomic E-state index is 12.9. The molecule has 0 amide bonds. The van der Waals surface area contributed by atoms with Gasteiger partial charge in [-0.2, -0.15) is 37.1 Å². The van der Waals surface area contributed by atoms with Crippen LogP contribution in [0.2, 0.25) is 10.0 Å². The topological polar surface area (TPSA) is 100 Å². The SMILES string of the molecule is Cc1ccc(S(=O)(=O)NN=Cc2cn(-c3c(Cl)cc(C(F)(F)F)cc3Cl)nc2C#N)cc1.[Li]. The molecule has 7 nitrogen and oxygen atoms in total. The van der Waals surface area contributed by atoms with Crippen molar-refractivity contribution in [3.63, 3.8) is 0 Å². The molecule has 3 rings (SSSR count). The van der Waals surface area contributed by atoms with E-state index in [0.717, 1.165) is 16.5 Å². The number of aromatic nitrogens is 2. The van der Waals surface area contributed by atoms with E-state index in [1.807, 2.05) is 4.83 Å². The monoisotopic (exact) mass is 508 g/mol. The van der Waals surface area contributed by atoms with Crippen molar-refractivity contribution in [2.45, 2.75) is 18.0 Å². The Morgan fingerprint density at radius 2 is 1.76 bits per heavy atom. The van der Waals surface area contributed by atoms with Crippen LogP contribution in [0.1, 0.15) is 22.4 Å². The number of nitriles is 1. The number of hydrazone groups is 1. The summed E-state index contributed by atoms with van der Waals surface area (Å²) in [6.07, 6.45) is -2.40. The Balaban J connectivity index is 0.00000385. The number of benzene rings is 2. The minimum absolute atomic E-state index is 0. The first kappa shape index (κ1) is 26.8. The summed E-state index contributed by atoms with van der Waals surface area (Å²) in [4.78, 5) is 1.99. The first-order valence-electron chi connectivity index (χ1n) is 8.60. The zero-order valence-electron chi connectivity index (χ0n) is 17.0. The molecule has 0 saturated heterocycles. The summed E-state index contributed by atoms with van der Waals surface area (Å²) in [5, 5.41) is 16.2. The Labute approximate surface area is 209 Å². The number of alkyl halides is 3. The molecule has 14 heteroatoms. The molecule has 0 bridgehead atoms. The summed E-state index contributed by atoms with van der Waals surface area (Å²) in [6.45, 7) is 1.80. The molecule has 0 saturated carbocycles. The predicted octanol–water partition coefficient (Wildman–Crippen LogP) is 4.31. The third-order valence-electron chi connectivity index (χ3n) is 4.13. The molecule has 2 aromatic carbocycles. The quantitative estimate of drug-likeness (QED) is 0.315. The number of rotatable bonds is 5. The third-order valence-corrected chi connectivity index (χ3v) is 5.94. The second kappa shape index (κ2) is 10.2. The fourth-order valence-corrected chi connectivity index (χ4v) is 4.02. The van der Waals surface area contributed by atoms with Gasteiger partial charge in [-0.3, -0.25) is 0 Å². The van der Waals surface area contributed by atoms with E-state index in [2.05, 4.69) is 10.2 Å². The van der Waals surface area contributed by atoms with Gasteiger partial charge in [0.1, 0.15) is 11.8 Å². The minimum atomic E-state index is -4.65. The summed E-state index contributed by atoms with van der Waals surface area (Å²) < 4.78 is 64.4. The van der Waals surface area contributed by atoms with Crippen LogP contribution < -0.4 is 4.83 Å². The molecule has 167 valence electrons. The summed E-state index contributed by atoms with van der Waals surface area (Å²) >= 11 is 11.9. The van der Waals surface area contributed by atoms with Gasteiger partial charge in [0.15, 0.2) is 5.69 Å². The molecular formula is C19H12Cl2F3LiN5O2S.